The maximum atomic E-state index is 14.0. The number of benzene rings is 1. The van der Waals surface area contributed by atoms with Gasteiger partial charge in [0.1, 0.15) is 28.9 Å². The van der Waals surface area contributed by atoms with Crippen LogP contribution in [0.3, 0.4) is 0 Å². The summed E-state index contributed by atoms with van der Waals surface area (Å²) in [5.74, 6) is 2.37. The molecule has 1 aliphatic heterocycles. The van der Waals surface area contributed by atoms with Crippen molar-refractivity contribution in [1.82, 2.24) is 34.2 Å². The highest BCUT2D eigenvalue weighted by molar-refractivity contribution is 5.86. The van der Waals surface area contributed by atoms with Crippen molar-refractivity contribution in [2.24, 2.45) is 14.1 Å². The minimum atomic E-state index is -0.361. The fourth-order valence-corrected chi connectivity index (χ4v) is 6.04. The Morgan fingerprint density at radius 3 is 2.39 bits per heavy atom. The number of pyridine rings is 1. The van der Waals surface area contributed by atoms with Crippen LogP contribution in [0.15, 0.2) is 41.2 Å². The number of hydrogen-bond donors (Lipinski definition) is 0. The molecule has 1 unspecified atom stereocenters. The van der Waals surface area contributed by atoms with E-state index in [0.717, 1.165) is 42.9 Å². The van der Waals surface area contributed by atoms with Gasteiger partial charge in [0, 0.05) is 45.2 Å². The van der Waals surface area contributed by atoms with Crippen LogP contribution < -0.4 is 10.6 Å². The third-order valence-corrected chi connectivity index (χ3v) is 8.52. The van der Waals surface area contributed by atoms with Gasteiger partial charge in [0.05, 0.1) is 11.6 Å². The number of piperazine rings is 1. The van der Waals surface area contributed by atoms with Crippen molar-refractivity contribution in [2.45, 2.75) is 63.6 Å². The topological polar surface area (TPSA) is 109 Å². The zero-order valence-electron chi connectivity index (χ0n) is 23.8. The third-order valence-electron chi connectivity index (χ3n) is 8.52. The Kier molecular flexibility index (Phi) is 7.03. The molecule has 2 fully saturated rings. The second-order valence-corrected chi connectivity index (χ2v) is 11.1. The van der Waals surface area contributed by atoms with E-state index in [4.69, 9.17) is 10.1 Å². The summed E-state index contributed by atoms with van der Waals surface area (Å²) in [5, 5.41) is 14.3. The largest absolute Gasteiger partial charge is 0.349 e. The maximum Gasteiger partial charge on any atom is 0.349 e. The predicted molar refractivity (Wildman–Crippen MR) is 153 cm³/mol. The van der Waals surface area contributed by atoms with Crippen LogP contribution in [0.4, 0.5) is 10.2 Å². The first-order chi connectivity index (χ1) is 19.8. The zero-order valence-corrected chi connectivity index (χ0v) is 23.8. The lowest BCUT2D eigenvalue weighted by atomic mass is 9.95. The van der Waals surface area contributed by atoms with Crippen molar-refractivity contribution < 1.29 is 4.39 Å². The van der Waals surface area contributed by atoms with Gasteiger partial charge in [-0.15, -0.1) is 0 Å². The number of hydrogen-bond acceptors (Lipinski definition) is 8. The summed E-state index contributed by atoms with van der Waals surface area (Å²) in [6.45, 7) is 5.55. The lowest BCUT2D eigenvalue weighted by Crippen LogP contribution is -2.59. The number of nitrogens with zero attached hydrogens (tertiary/aromatic N) is 9. The Balaban J connectivity index is 1.44. The molecule has 6 rings (SSSR count). The standard InChI is InChI=1S/C30H34FN9O/c1-5-22-17-40(28-25-24(37(3)30(41)35-28)14-13-21(15-32)33-25)23(6-2)16-39(22)26(18-9-11-20(31)12-10-18)29-34-27(19-7-8-19)36-38(29)4/h9-14,19,22-23,26H,5-8,16-17H2,1-4H3/t22-,23+,26?/m1/s1. The van der Waals surface area contributed by atoms with Crippen LogP contribution in [-0.4, -0.2) is 59.4 Å². The van der Waals surface area contributed by atoms with Crippen LogP contribution in [0.5, 0.6) is 0 Å². The first kappa shape index (κ1) is 27.0. The van der Waals surface area contributed by atoms with Gasteiger partial charge >= 0.3 is 5.69 Å². The van der Waals surface area contributed by atoms with Crippen LogP contribution >= 0.6 is 0 Å². The summed E-state index contributed by atoms with van der Waals surface area (Å²) >= 11 is 0. The molecule has 0 spiro atoms. The molecule has 3 atom stereocenters. The fraction of sp³-hybridized carbons (Fsp3) is 0.467. The molecule has 0 amide bonds. The predicted octanol–water partition coefficient (Wildman–Crippen LogP) is 3.81. The van der Waals surface area contributed by atoms with Crippen molar-refractivity contribution in [2.75, 3.05) is 18.0 Å². The number of rotatable bonds is 7. The summed E-state index contributed by atoms with van der Waals surface area (Å²) < 4.78 is 17.4. The summed E-state index contributed by atoms with van der Waals surface area (Å²) in [5.41, 5.74) is 2.07. The smallest absolute Gasteiger partial charge is 0.349 e. The van der Waals surface area contributed by atoms with Gasteiger partial charge in [-0.2, -0.15) is 15.3 Å². The Morgan fingerprint density at radius 1 is 1.00 bits per heavy atom. The highest BCUT2D eigenvalue weighted by atomic mass is 19.1. The molecule has 3 aromatic heterocycles. The zero-order chi connectivity index (χ0) is 28.8. The molecule has 0 bridgehead atoms. The second kappa shape index (κ2) is 10.7. The first-order valence-corrected chi connectivity index (χ1v) is 14.3. The van der Waals surface area contributed by atoms with Crippen molar-refractivity contribution in [1.29, 1.82) is 5.26 Å². The molecule has 4 aromatic rings. The van der Waals surface area contributed by atoms with E-state index in [2.05, 4.69) is 39.7 Å². The maximum absolute atomic E-state index is 14.0. The van der Waals surface area contributed by atoms with Gasteiger partial charge < -0.3 is 4.90 Å². The van der Waals surface area contributed by atoms with Crippen LogP contribution in [0, 0.1) is 17.1 Å². The summed E-state index contributed by atoms with van der Waals surface area (Å²) in [6, 6.07) is 12.0. The van der Waals surface area contributed by atoms with Crippen molar-refractivity contribution >= 4 is 16.9 Å². The Bertz CT molecular complexity index is 1690. The van der Waals surface area contributed by atoms with Gasteiger partial charge in [0.15, 0.2) is 11.6 Å². The van der Waals surface area contributed by atoms with Gasteiger partial charge in [-0.05, 0) is 55.5 Å². The number of nitriles is 1. The monoisotopic (exact) mass is 555 g/mol. The van der Waals surface area contributed by atoms with Gasteiger partial charge in [-0.3, -0.25) is 14.1 Å². The van der Waals surface area contributed by atoms with Gasteiger partial charge in [0.2, 0.25) is 0 Å². The molecule has 2 aliphatic rings. The minimum Gasteiger partial charge on any atom is -0.349 e. The van der Waals surface area contributed by atoms with E-state index in [0.29, 0.717) is 35.9 Å². The highest BCUT2D eigenvalue weighted by Crippen LogP contribution is 2.40. The molecule has 10 nitrogen and oxygen atoms in total. The average molecular weight is 556 g/mol. The Hall–Kier alpha value is -4.17. The van der Waals surface area contributed by atoms with Crippen LogP contribution in [0.1, 0.15) is 74.4 Å². The average Bonchev–Trinajstić information content (AvgIpc) is 3.77. The van der Waals surface area contributed by atoms with Gasteiger partial charge in [-0.25, -0.2) is 19.2 Å². The van der Waals surface area contributed by atoms with E-state index in [9.17, 15) is 14.4 Å². The van der Waals surface area contributed by atoms with Gasteiger partial charge in [0.25, 0.3) is 0 Å². The van der Waals surface area contributed by atoms with E-state index in [1.165, 1.54) is 16.7 Å². The molecular weight excluding hydrogens is 521 g/mol. The number of aryl methyl sites for hydroxylation is 2. The number of anilines is 1. The van der Waals surface area contributed by atoms with Crippen molar-refractivity contribution in [3.63, 3.8) is 0 Å². The van der Waals surface area contributed by atoms with Gasteiger partial charge in [-0.1, -0.05) is 26.0 Å². The molecule has 0 radical (unpaired) electrons. The van der Waals surface area contributed by atoms with Crippen molar-refractivity contribution in [3.05, 3.63) is 75.6 Å². The first-order valence-electron chi connectivity index (χ1n) is 14.3. The lowest BCUT2D eigenvalue weighted by Gasteiger charge is -2.49. The molecular formula is C30H34FN9O. The molecule has 1 aromatic carbocycles. The molecule has 11 heteroatoms. The summed E-state index contributed by atoms with van der Waals surface area (Å²) in [7, 11) is 3.61. The van der Waals surface area contributed by atoms with E-state index in [1.54, 1.807) is 19.2 Å². The summed E-state index contributed by atoms with van der Waals surface area (Å²) in [4.78, 5) is 31.7. The molecule has 1 saturated carbocycles. The third kappa shape index (κ3) is 4.86. The van der Waals surface area contributed by atoms with E-state index < -0.39 is 0 Å². The van der Waals surface area contributed by atoms with E-state index in [-0.39, 0.29) is 35.3 Å². The molecule has 212 valence electrons. The van der Waals surface area contributed by atoms with E-state index in [1.807, 2.05) is 23.9 Å². The van der Waals surface area contributed by atoms with E-state index >= 15 is 0 Å². The highest BCUT2D eigenvalue weighted by Gasteiger charge is 2.41. The molecule has 0 N–H and O–H groups in total. The van der Waals surface area contributed by atoms with Crippen molar-refractivity contribution in [3.8, 4) is 6.07 Å². The number of aromatic nitrogens is 6. The normalized spacial score (nSPS) is 20.3. The van der Waals surface area contributed by atoms with Crippen LogP contribution in [0.25, 0.3) is 11.0 Å². The molecule has 1 saturated heterocycles. The molecule has 1 aliphatic carbocycles. The summed E-state index contributed by atoms with van der Waals surface area (Å²) in [6.07, 6.45) is 3.85. The Morgan fingerprint density at radius 2 is 1.73 bits per heavy atom. The fourth-order valence-electron chi connectivity index (χ4n) is 6.04. The van der Waals surface area contributed by atoms with Crippen LogP contribution in [0.2, 0.25) is 0 Å². The molecule has 4 heterocycles. The number of fused-ring (bicyclic) bond motifs is 1. The second-order valence-electron chi connectivity index (χ2n) is 11.1. The van der Waals surface area contributed by atoms with Crippen LogP contribution in [-0.2, 0) is 14.1 Å². The minimum absolute atomic E-state index is 0.00669. The number of halogens is 1. The Labute approximate surface area is 238 Å². The lowest BCUT2D eigenvalue weighted by molar-refractivity contribution is 0.104. The SMILES string of the molecule is CC[C@H]1CN(C(c2ccc(F)cc2)c2nc(C3CC3)nn2C)[C@H](CC)CN1c1nc(=O)n(C)c2ccc(C#N)nc12. The quantitative estimate of drug-likeness (QED) is 0.339. The molecule has 41 heavy (non-hydrogen) atoms.